The average Bonchev–Trinajstić information content (AvgIpc) is 2.32. The number of hydrogen-bond donors (Lipinski definition) is 1. The van der Waals surface area contributed by atoms with Gasteiger partial charge in [-0.1, -0.05) is 6.07 Å². The summed E-state index contributed by atoms with van der Waals surface area (Å²) in [5, 5.41) is 10.9. The first-order chi connectivity index (χ1) is 8.60. The van der Waals surface area contributed by atoms with Crippen molar-refractivity contribution in [1.82, 2.24) is 0 Å². The first-order valence-corrected chi connectivity index (χ1v) is 5.86. The molecule has 0 amide bonds. The first kappa shape index (κ1) is 12.8. The molecule has 0 radical (unpaired) electrons. The summed E-state index contributed by atoms with van der Waals surface area (Å²) in [5.41, 5.74) is 4.68. The molecule has 0 atom stereocenters. The van der Waals surface area contributed by atoms with Crippen molar-refractivity contribution in [2.45, 2.75) is 31.6 Å². The molecule has 1 fully saturated rings. The Kier molecular flexibility index (Phi) is 3.78. The van der Waals surface area contributed by atoms with Crippen LogP contribution in [-0.2, 0) is 11.3 Å². The van der Waals surface area contributed by atoms with Crippen molar-refractivity contribution in [1.29, 1.82) is 0 Å². The fourth-order valence-electron chi connectivity index (χ4n) is 1.99. The number of nitro benzene ring substituents is 1. The smallest absolute Gasteiger partial charge is 0.311 e. The molecule has 0 unspecified atom stereocenters. The van der Waals surface area contributed by atoms with Crippen LogP contribution in [-0.4, -0.2) is 24.2 Å². The highest BCUT2D eigenvalue weighted by Crippen LogP contribution is 2.28. The van der Waals surface area contributed by atoms with Crippen molar-refractivity contribution in [2.75, 3.05) is 7.11 Å². The lowest BCUT2D eigenvalue weighted by Crippen LogP contribution is -2.68. The SMILES string of the molecule is COc1ccc(COC2CC([NH3+])C2)cc1[N+](=O)[O-]. The van der Waals surface area contributed by atoms with E-state index in [0.29, 0.717) is 12.6 Å². The molecule has 0 saturated heterocycles. The maximum absolute atomic E-state index is 10.9. The molecule has 0 aromatic heterocycles. The zero-order valence-corrected chi connectivity index (χ0v) is 10.3. The molecule has 6 heteroatoms. The van der Waals surface area contributed by atoms with Gasteiger partial charge in [-0.15, -0.1) is 0 Å². The molecule has 0 aliphatic heterocycles. The Bertz CT molecular complexity index is 444. The van der Waals surface area contributed by atoms with Gasteiger partial charge < -0.3 is 15.2 Å². The van der Waals surface area contributed by atoms with Crippen molar-refractivity contribution >= 4 is 5.69 Å². The second-order valence-electron chi connectivity index (χ2n) is 4.53. The van der Waals surface area contributed by atoms with Crippen molar-refractivity contribution in [2.24, 2.45) is 0 Å². The van der Waals surface area contributed by atoms with Crippen molar-refractivity contribution in [3.63, 3.8) is 0 Å². The lowest BCUT2D eigenvalue weighted by atomic mass is 9.90. The normalized spacial score (nSPS) is 22.3. The summed E-state index contributed by atoms with van der Waals surface area (Å²) in [5.74, 6) is 0.269. The molecule has 1 aliphatic rings. The van der Waals surface area contributed by atoms with Crippen LogP contribution in [0.5, 0.6) is 5.75 Å². The Morgan fingerprint density at radius 1 is 1.50 bits per heavy atom. The van der Waals surface area contributed by atoms with Crippen LogP contribution < -0.4 is 10.5 Å². The molecule has 1 saturated carbocycles. The summed E-state index contributed by atoms with van der Waals surface area (Å²) in [6.07, 6.45) is 2.19. The predicted octanol–water partition coefficient (Wildman–Crippen LogP) is 0.893. The molecule has 1 aliphatic carbocycles. The zero-order valence-electron chi connectivity index (χ0n) is 10.3. The van der Waals surface area contributed by atoms with Gasteiger partial charge in [-0.3, -0.25) is 10.1 Å². The van der Waals surface area contributed by atoms with E-state index in [1.165, 1.54) is 13.2 Å². The number of nitrogens with zero attached hydrogens (tertiary/aromatic N) is 1. The van der Waals surface area contributed by atoms with Crippen LogP contribution >= 0.6 is 0 Å². The van der Waals surface area contributed by atoms with E-state index in [-0.39, 0.29) is 17.5 Å². The molecular weight excluding hydrogens is 236 g/mol. The maximum atomic E-state index is 10.9. The third kappa shape index (κ3) is 2.77. The van der Waals surface area contributed by atoms with Crippen LogP contribution in [0.15, 0.2) is 18.2 Å². The third-order valence-corrected chi connectivity index (χ3v) is 3.12. The quantitative estimate of drug-likeness (QED) is 0.623. The van der Waals surface area contributed by atoms with Crippen LogP contribution in [0.25, 0.3) is 0 Å². The van der Waals surface area contributed by atoms with E-state index in [9.17, 15) is 10.1 Å². The number of nitro groups is 1. The fraction of sp³-hybridized carbons (Fsp3) is 0.500. The summed E-state index contributed by atoms with van der Waals surface area (Å²) in [6, 6.07) is 5.37. The summed E-state index contributed by atoms with van der Waals surface area (Å²) in [7, 11) is 1.42. The van der Waals surface area contributed by atoms with Crippen LogP contribution in [0, 0.1) is 10.1 Å². The van der Waals surface area contributed by atoms with E-state index < -0.39 is 4.92 Å². The largest absolute Gasteiger partial charge is 0.490 e. The van der Waals surface area contributed by atoms with Crippen molar-refractivity contribution in [3.05, 3.63) is 33.9 Å². The Hall–Kier alpha value is -1.66. The number of ether oxygens (including phenoxy) is 2. The molecule has 1 aromatic rings. The third-order valence-electron chi connectivity index (χ3n) is 3.12. The van der Waals surface area contributed by atoms with Gasteiger partial charge in [0.1, 0.15) is 0 Å². The number of methoxy groups -OCH3 is 1. The van der Waals surface area contributed by atoms with Crippen LogP contribution in [0.1, 0.15) is 18.4 Å². The fourth-order valence-corrected chi connectivity index (χ4v) is 1.99. The Balaban J connectivity index is 2.00. The van der Waals surface area contributed by atoms with E-state index >= 15 is 0 Å². The molecule has 3 N–H and O–H groups in total. The second-order valence-corrected chi connectivity index (χ2v) is 4.53. The van der Waals surface area contributed by atoms with Gasteiger partial charge in [-0.25, -0.2) is 0 Å². The number of hydrogen-bond acceptors (Lipinski definition) is 4. The molecule has 0 spiro atoms. The van der Waals surface area contributed by atoms with Gasteiger partial charge in [0, 0.05) is 18.9 Å². The molecule has 1 aromatic carbocycles. The van der Waals surface area contributed by atoms with Gasteiger partial charge in [0.2, 0.25) is 0 Å². The van der Waals surface area contributed by atoms with Crippen LogP contribution in [0.2, 0.25) is 0 Å². The van der Waals surface area contributed by atoms with E-state index in [4.69, 9.17) is 9.47 Å². The molecule has 18 heavy (non-hydrogen) atoms. The Labute approximate surface area is 105 Å². The number of quaternary nitrogens is 1. The highest BCUT2D eigenvalue weighted by atomic mass is 16.6. The van der Waals surface area contributed by atoms with E-state index in [1.807, 2.05) is 0 Å². The minimum absolute atomic E-state index is 0.0257. The second kappa shape index (κ2) is 5.32. The Morgan fingerprint density at radius 2 is 2.22 bits per heavy atom. The van der Waals surface area contributed by atoms with Crippen molar-refractivity contribution in [3.8, 4) is 5.75 Å². The number of benzene rings is 1. The molecule has 0 heterocycles. The monoisotopic (exact) mass is 253 g/mol. The summed E-state index contributed by atoms with van der Waals surface area (Å²) >= 11 is 0. The van der Waals surface area contributed by atoms with Crippen molar-refractivity contribution < 1.29 is 20.1 Å². The van der Waals surface area contributed by atoms with E-state index in [2.05, 4.69) is 5.73 Å². The van der Waals surface area contributed by atoms with Crippen LogP contribution in [0.3, 0.4) is 0 Å². The zero-order chi connectivity index (χ0) is 13.1. The average molecular weight is 253 g/mol. The lowest BCUT2D eigenvalue weighted by Gasteiger charge is -2.29. The molecule has 0 bridgehead atoms. The first-order valence-electron chi connectivity index (χ1n) is 5.86. The van der Waals surface area contributed by atoms with Crippen LogP contribution in [0.4, 0.5) is 5.69 Å². The van der Waals surface area contributed by atoms with Gasteiger partial charge >= 0.3 is 5.69 Å². The predicted molar refractivity (Wildman–Crippen MR) is 64.1 cm³/mol. The van der Waals surface area contributed by atoms with Gasteiger partial charge in [0.15, 0.2) is 5.75 Å². The molecular formula is C12H17N2O4+. The van der Waals surface area contributed by atoms with E-state index in [1.54, 1.807) is 12.1 Å². The summed E-state index contributed by atoms with van der Waals surface area (Å²) < 4.78 is 10.6. The summed E-state index contributed by atoms with van der Waals surface area (Å²) in [6.45, 7) is 0.391. The van der Waals surface area contributed by atoms with Gasteiger partial charge in [0.25, 0.3) is 0 Å². The van der Waals surface area contributed by atoms with Gasteiger partial charge in [0.05, 0.1) is 30.8 Å². The highest BCUT2D eigenvalue weighted by molar-refractivity contribution is 5.48. The minimum atomic E-state index is -0.447. The maximum Gasteiger partial charge on any atom is 0.311 e. The highest BCUT2D eigenvalue weighted by Gasteiger charge is 2.29. The standard InChI is InChI=1S/C12H16N2O4/c1-17-12-3-2-8(4-11(12)14(15)16)7-18-10-5-9(13)6-10/h2-4,9-10H,5-7,13H2,1H3/p+1. The summed E-state index contributed by atoms with van der Waals surface area (Å²) in [4.78, 5) is 10.4. The Morgan fingerprint density at radius 3 is 2.78 bits per heavy atom. The lowest BCUT2D eigenvalue weighted by molar-refractivity contribution is -0.449. The van der Waals surface area contributed by atoms with Gasteiger partial charge in [-0.2, -0.15) is 0 Å². The minimum Gasteiger partial charge on any atom is -0.490 e. The van der Waals surface area contributed by atoms with Gasteiger partial charge in [-0.05, 0) is 11.6 Å². The number of rotatable bonds is 5. The topological polar surface area (TPSA) is 89.2 Å². The van der Waals surface area contributed by atoms with E-state index in [0.717, 1.165) is 18.4 Å². The molecule has 6 nitrogen and oxygen atoms in total. The molecule has 2 rings (SSSR count). The molecule has 98 valence electrons.